The molecule has 1 aliphatic carbocycles. The summed E-state index contributed by atoms with van der Waals surface area (Å²) in [6.07, 6.45) is 2.44. The molecule has 2 nitrogen and oxygen atoms in total. The number of rotatable bonds is 4. The van der Waals surface area contributed by atoms with Gasteiger partial charge in [0.25, 0.3) is 0 Å². The van der Waals surface area contributed by atoms with Crippen LogP contribution in [0.5, 0.6) is 0 Å². The maximum Gasteiger partial charge on any atom is 0.0681 e. The normalized spacial score (nSPS) is 18.1. The minimum absolute atomic E-state index is 0.123. The van der Waals surface area contributed by atoms with Crippen LogP contribution >= 0.6 is 0 Å². The van der Waals surface area contributed by atoms with E-state index >= 15 is 0 Å². The Morgan fingerprint density at radius 3 is 2.36 bits per heavy atom. The van der Waals surface area contributed by atoms with Gasteiger partial charge in [0.15, 0.2) is 0 Å². The van der Waals surface area contributed by atoms with E-state index in [9.17, 15) is 0 Å². The second-order valence-electron chi connectivity index (χ2n) is 4.07. The van der Waals surface area contributed by atoms with Crippen molar-refractivity contribution in [1.29, 1.82) is 0 Å². The third kappa shape index (κ3) is 1.68. The van der Waals surface area contributed by atoms with Crippen molar-refractivity contribution in [2.24, 2.45) is 0 Å². The van der Waals surface area contributed by atoms with Gasteiger partial charge >= 0.3 is 0 Å². The van der Waals surface area contributed by atoms with E-state index in [2.05, 4.69) is 12.1 Å². The summed E-state index contributed by atoms with van der Waals surface area (Å²) in [4.78, 5) is 0. The molecule has 14 heavy (non-hydrogen) atoms. The fourth-order valence-corrected chi connectivity index (χ4v) is 1.91. The van der Waals surface area contributed by atoms with Gasteiger partial charge in [-0.25, -0.2) is 0 Å². The van der Waals surface area contributed by atoms with Crippen LogP contribution in [0.3, 0.4) is 0 Å². The maximum absolute atomic E-state index is 8.93. The minimum atomic E-state index is 0.123. The van der Waals surface area contributed by atoms with E-state index in [4.69, 9.17) is 9.84 Å². The highest BCUT2D eigenvalue weighted by molar-refractivity contribution is 5.33. The smallest absolute Gasteiger partial charge is 0.0681 e. The van der Waals surface area contributed by atoms with Crippen LogP contribution < -0.4 is 0 Å². The van der Waals surface area contributed by atoms with Crippen LogP contribution in [0.2, 0.25) is 0 Å². The summed E-state index contributed by atoms with van der Waals surface area (Å²) in [7, 11) is 1.75. The zero-order valence-electron chi connectivity index (χ0n) is 8.49. The van der Waals surface area contributed by atoms with E-state index in [1.807, 2.05) is 12.1 Å². The molecule has 1 N–H and O–H groups in total. The maximum atomic E-state index is 8.93. The number of aliphatic hydroxyl groups is 1. The summed E-state index contributed by atoms with van der Waals surface area (Å²) in [6.45, 7) is 0.934. The Labute approximate surface area is 84.5 Å². The average Bonchev–Trinajstić information content (AvgIpc) is 3.00. The molecule has 0 saturated heterocycles. The van der Waals surface area contributed by atoms with E-state index in [1.165, 1.54) is 18.4 Å². The third-order valence-corrected chi connectivity index (χ3v) is 3.02. The standard InChI is InChI=1S/C12H16O2/c1-14-9-12(6-7-12)11-4-2-10(8-13)3-5-11/h2-5,13H,6-9H2,1H3. The van der Waals surface area contributed by atoms with Crippen molar-refractivity contribution in [3.05, 3.63) is 35.4 Å². The molecule has 1 fully saturated rings. The molecule has 0 unspecified atom stereocenters. The van der Waals surface area contributed by atoms with Gasteiger partial charge in [-0.3, -0.25) is 0 Å². The molecule has 0 spiro atoms. The minimum Gasteiger partial charge on any atom is -0.392 e. The molecule has 1 aromatic carbocycles. The second kappa shape index (κ2) is 3.71. The lowest BCUT2D eigenvalue weighted by Crippen LogP contribution is -2.13. The number of hydrogen-bond acceptors (Lipinski definition) is 2. The first-order valence-electron chi connectivity index (χ1n) is 5.00. The number of hydrogen-bond donors (Lipinski definition) is 1. The fraction of sp³-hybridized carbons (Fsp3) is 0.500. The third-order valence-electron chi connectivity index (χ3n) is 3.02. The summed E-state index contributed by atoms with van der Waals surface area (Å²) in [5.74, 6) is 0. The van der Waals surface area contributed by atoms with Gasteiger partial charge in [0, 0.05) is 12.5 Å². The molecule has 2 rings (SSSR count). The first-order chi connectivity index (χ1) is 6.80. The number of methoxy groups -OCH3 is 1. The van der Waals surface area contributed by atoms with Gasteiger partial charge in [0.05, 0.1) is 13.2 Å². The van der Waals surface area contributed by atoms with Crippen molar-refractivity contribution in [2.45, 2.75) is 24.9 Å². The van der Waals surface area contributed by atoms with Crippen LogP contribution in [0.4, 0.5) is 0 Å². The lowest BCUT2D eigenvalue weighted by molar-refractivity contribution is 0.171. The van der Waals surface area contributed by atoms with Gasteiger partial charge in [-0.15, -0.1) is 0 Å². The number of ether oxygens (including phenoxy) is 1. The molecule has 76 valence electrons. The number of aliphatic hydroxyl groups excluding tert-OH is 1. The molecule has 0 amide bonds. The molecule has 0 heterocycles. The van der Waals surface area contributed by atoms with E-state index in [-0.39, 0.29) is 12.0 Å². The van der Waals surface area contributed by atoms with Crippen molar-refractivity contribution in [3.63, 3.8) is 0 Å². The van der Waals surface area contributed by atoms with Crippen molar-refractivity contribution < 1.29 is 9.84 Å². The van der Waals surface area contributed by atoms with E-state index in [0.29, 0.717) is 0 Å². The summed E-state index contributed by atoms with van der Waals surface area (Å²) in [5, 5.41) is 8.93. The van der Waals surface area contributed by atoms with Crippen LogP contribution in [0.15, 0.2) is 24.3 Å². The first kappa shape index (κ1) is 9.69. The van der Waals surface area contributed by atoms with Gasteiger partial charge in [-0.1, -0.05) is 24.3 Å². The highest BCUT2D eigenvalue weighted by Gasteiger charge is 2.44. The zero-order valence-corrected chi connectivity index (χ0v) is 8.49. The molecule has 1 aromatic rings. The Balaban J connectivity index is 2.16. The molecule has 0 radical (unpaired) electrons. The van der Waals surface area contributed by atoms with Gasteiger partial charge < -0.3 is 9.84 Å². The number of benzene rings is 1. The first-order valence-corrected chi connectivity index (χ1v) is 5.00. The molecule has 0 aliphatic heterocycles. The lowest BCUT2D eigenvalue weighted by Gasteiger charge is -2.14. The predicted molar refractivity (Wildman–Crippen MR) is 55.2 cm³/mol. The molecule has 0 atom stereocenters. The molecule has 0 aromatic heterocycles. The zero-order chi connectivity index (χ0) is 10.0. The topological polar surface area (TPSA) is 29.5 Å². The van der Waals surface area contributed by atoms with Crippen molar-refractivity contribution in [2.75, 3.05) is 13.7 Å². The average molecular weight is 192 g/mol. The van der Waals surface area contributed by atoms with Crippen LogP contribution in [0.25, 0.3) is 0 Å². The fourth-order valence-electron chi connectivity index (χ4n) is 1.91. The molecule has 1 aliphatic rings. The molecule has 2 heteroatoms. The SMILES string of the molecule is COCC1(c2ccc(CO)cc2)CC1. The van der Waals surface area contributed by atoms with Gasteiger partial charge in [0.1, 0.15) is 0 Å². The van der Waals surface area contributed by atoms with Crippen molar-refractivity contribution in [3.8, 4) is 0 Å². The monoisotopic (exact) mass is 192 g/mol. The van der Waals surface area contributed by atoms with Crippen molar-refractivity contribution >= 4 is 0 Å². The Bertz CT molecular complexity index is 299. The van der Waals surface area contributed by atoms with Gasteiger partial charge in [-0.05, 0) is 24.0 Å². The van der Waals surface area contributed by atoms with E-state index < -0.39 is 0 Å². The Morgan fingerprint density at radius 1 is 1.29 bits per heavy atom. The van der Waals surface area contributed by atoms with E-state index in [0.717, 1.165) is 12.2 Å². The Morgan fingerprint density at radius 2 is 1.93 bits per heavy atom. The summed E-state index contributed by atoms with van der Waals surface area (Å²) in [6, 6.07) is 8.20. The highest BCUT2D eigenvalue weighted by atomic mass is 16.5. The Kier molecular flexibility index (Phi) is 2.57. The van der Waals surface area contributed by atoms with Crippen LogP contribution in [0, 0.1) is 0 Å². The van der Waals surface area contributed by atoms with Crippen LogP contribution in [0.1, 0.15) is 24.0 Å². The summed E-state index contributed by atoms with van der Waals surface area (Å²) in [5.41, 5.74) is 2.60. The predicted octanol–water partition coefficient (Wildman–Crippen LogP) is 1.86. The van der Waals surface area contributed by atoms with Crippen LogP contribution in [-0.2, 0) is 16.8 Å². The molecular formula is C12H16O2. The summed E-state index contributed by atoms with van der Waals surface area (Å²) < 4.78 is 5.23. The highest BCUT2D eigenvalue weighted by Crippen LogP contribution is 2.48. The van der Waals surface area contributed by atoms with Crippen molar-refractivity contribution in [1.82, 2.24) is 0 Å². The second-order valence-corrected chi connectivity index (χ2v) is 4.07. The molecule has 0 bridgehead atoms. The lowest BCUT2D eigenvalue weighted by atomic mass is 9.96. The van der Waals surface area contributed by atoms with Gasteiger partial charge in [-0.2, -0.15) is 0 Å². The molecular weight excluding hydrogens is 176 g/mol. The largest absolute Gasteiger partial charge is 0.392 e. The van der Waals surface area contributed by atoms with Gasteiger partial charge in [0.2, 0.25) is 0 Å². The van der Waals surface area contributed by atoms with Crippen LogP contribution in [-0.4, -0.2) is 18.8 Å². The summed E-state index contributed by atoms with van der Waals surface area (Å²) >= 11 is 0. The molecule has 1 saturated carbocycles. The Hall–Kier alpha value is -0.860. The van der Waals surface area contributed by atoms with E-state index in [1.54, 1.807) is 7.11 Å². The quantitative estimate of drug-likeness (QED) is 0.789.